The van der Waals surface area contributed by atoms with Crippen LogP contribution in [-0.4, -0.2) is 15.9 Å². The third-order valence-electron chi connectivity index (χ3n) is 2.35. The molecule has 0 aliphatic heterocycles. The molecular weight excluding hydrogens is 267 g/mol. The van der Waals surface area contributed by atoms with Crippen molar-refractivity contribution in [1.29, 1.82) is 0 Å². The van der Waals surface area contributed by atoms with Gasteiger partial charge in [0, 0.05) is 6.92 Å². The molecule has 1 aromatic heterocycles. The zero-order valence-electron chi connectivity index (χ0n) is 9.41. The van der Waals surface area contributed by atoms with Crippen LogP contribution < -0.4 is 10.3 Å². The van der Waals surface area contributed by atoms with E-state index in [2.05, 4.69) is 4.74 Å². The molecule has 0 atom stereocenters. The zero-order chi connectivity index (χ0) is 14.3. The van der Waals surface area contributed by atoms with E-state index in [1.54, 1.807) is 0 Å². The Morgan fingerprint density at radius 2 is 2.00 bits per heavy atom. The normalized spacial score (nSPS) is 10.7. The molecule has 0 aliphatic carbocycles. The molecule has 2 aromatic rings. The van der Waals surface area contributed by atoms with Gasteiger partial charge in [-0.05, 0) is 12.1 Å². The Hall–Kier alpha value is -2.51. The van der Waals surface area contributed by atoms with Gasteiger partial charge in [-0.1, -0.05) is 4.48 Å². The summed E-state index contributed by atoms with van der Waals surface area (Å²) in [5.41, 5.74) is -2.18. The number of hydrogen-bond acceptors (Lipinski definition) is 4. The quantitative estimate of drug-likeness (QED) is 0.802. The minimum atomic E-state index is -1.56. The highest BCUT2D eigenvalue weighted by Crippen LogP contribution is 2.34. The molecule has 0 saturated heterocycles. The number of fused-ring (bicyclic) bond motifs is 1. The van der Waals surface area contributed by atoms with Gasteiger partial charge in [0.25, 0.3) is 0 Å². The van der Waals surface area contributed by atoms with Crippen LogP contribution in [0.2, 0.25) is 0 Å². The standard InChI is InChI=1S/C11H6F3NO4/c1-4(16)19-10-9(17)7-6(15(14)11(10)18)3-2-5(12)8(7)13/h2-3,17H,1H3. The van der Waals surface area contributed by atoms with Crippen LogP contribution in [0.3, 0.4) is 0 Å². The van der Waals surface area contributed by atoms with Crippen molar-refractivity contribution in [2.24, 2.45) is 0 Å². The predicted molar refractivity (Wildman–Crippen MR) is 57.6 cm³/mol. The van der Waals surface area contributed by atoms with Crippen molar-refractivity contribution in [3.63, 3.8) is 0 Å². The number of hydrogen-bond donors (Lipinski definition) is 1. The third-order valence-corrected chi connectivity index (χ3v) is 2.35. The first-order valence-electron chi connectivity index (χ1n) is 4.94. The molecule has 0 fully saturated rings. The Labute approximate surface area is 103 Å². The fourth-order valence-electron chi connectivity index (χ4n) is 1.58. The summed E-state index contributed by atoms with van der Waals surface area (Å²) in [5, 5.41) is 8.75. The molecule has 5 nitrogen and oxygen atoms in total. The second-order valence-electron chi connectivity index (χ2n) is 3.61. The summed E-state index contributed by atoms with van der Waals surface area (Å²) in [7, 11) is 0. The maximum Gasteiger partial charge on any atom is 0.326 e. The largest absolute Gasteiger partial charge is 0.504 e. The van der Waals surface area contributed by atoms with Gasteiger partial charge in [0.15, 0.2) is 17.4 Å². The summed E-state index contributed by atoms with van der Waals surface area (Å²) in [6.45, 7) is 0.896. The minimum absolute atomic E-state index is 0.546. The van der Waals surface area contributed by atoms with Gasteiger partial charge in [-0.15, -0.1) is 4.79 Å². The van der Waals surface area contributed by atoms with E-state index in [9.17, 15) is 28.0 Å². The Bertz CT molecular complexity index is 754. The second-order valence-corrected chi connectivity index (χ2v) is 3.61. The summed E-state index contributed by atoms with van der Waals surface area (Å²) in [6, 6.07) is 1.37. The van der Waals surface area contributed by atoms with E-state index in [1.165, 1.54) is 0 Å². The summed E-state index contributed by atoms with van der Waals surface area (Å²) < 4.78 is 44.5. The molecular formula is C11H6F3NO4. The SMILES string of the molecule is CC(=O)Oc1c(O)c2c(F)c(F)ccc2n(F)c1=O. The highest BCUT2D eigenvalue weighted by atomic mass is 19.2. The lowest BCUT2D eigenvalue weighted by molar-refractivity contribution is -0.132. The van der Waals surface area contributed by atoms with E-state index in [4.69, 9.17) is 0 Å². The number of halogens is 3. The third kappa shape index (κ3) is 1.90. The van der Waals surface area contributed by atoms with Crippen molar-refractivity contribution in [3.05, 3.63) is 34.1 Å². The van der Waals surface area contributed by atoms with Gasteiger partial charge < -0.3 is 9.84 Å². The first-order valence-corrected chi connectivity index (χ1v) is 4.94. The van der Waals surface area contributed by atoms with Gasteiger partial charge in [-0.2, -0.15) is 0 Å². The summed E-state index contributed by atoms with van der Waals surface area (Å²) in [5.74, 6) is -6.18. The minimum Gasteiger partial charge on any atom is -0.504 e. The number of pyridine rings is 1. The van der Waals surface area contributed by atoms with E-state index < -0.39 is 50.4 Å². The number of nitrogens with zero attached hydrogens (tertiary/aromatic N) is 1. The molecule has 1 N–H and O–H groups in total. The average molecular weight is 273 g/mol. The number of carbonyl (C=O) groups excluding carboxylic acids is 1. The fraction of sp³-hybridized carbons (Fsp3) is 0.0909. The Morgan fingerprint density at radius 1 is 1.37 bits per heavy atom. The van der Waals surface area contributed by atoms with Crippen molar-refractivity contribution >= 4 is 16.9 Å². The molecule has 0 spiro atoms. The van der Waals surface area contributed by atoms with Crippen molar-refractivity contribution in [3.8, 4) is 11.5 Å². The molecule has 0 amide bonds. The molecule has 2 rings (SSSR count). The lowest BCUT2D eigenvalue weighted by Crippen LogP contribution is -2.19. The van der Waals surface area contributed by atoms with E-state index in [-0.39, 0.29) is 0 Å². The average Bonchev–Trinajstić information content (AvgIpc) is 2.35. The fourth-order valence-corrected chi connectivity index (χ4v) is 1.58. The first-order chi connectivity index (χ1) is 8.84. The van der Waals surface area contributed by atoms with Gasteiger partial charge in [0.2, 0.25) is 5.75 Å². The molecule has 0 radical (unpaired) electrons. The molecule has 0 bridgehead atoms. The molecule has 8 heteroatoms. The number of aromatic nitrogens is 1. The maximum absolute atomic E-state index is 13.6. The molecule has 1 aromatic carbocycles. The van der Waals surface area contributed by atoms with Crippen LogP contribution in [0, 0.1) is 11.6 Å². The lowest BCUT2D eigenvalue weighted by atomic mass is 10.1. The number of benzene rings is 1. The molecule has 0 aliphatic rings. The molecule has 100 valence electrons. The lowest BCUT2D eigenvalue weighted by Gasteiger charge is -2.09. The van der Waals surface area contributed by atoms with Crippen molar-refractivity contribution in [2.75, 3.05) is 0 Å². The number of esters is 1. The van der Waals surface area contributed by atoms with Gasteiger partial charge in [-0.3, -0.25) is 9.59 Å². The van der Waals surface area contributed by atoms with Gasteiger partial charge in [0.05, 0.1) is 10.9 Å². The molecule has 0 saturated carbocycles. The van der Waals surface area contributed by atoms with Crippen molar-refractivity contribution < 1.29 is 27.9 Å². The van der Waals surface area contributed by atoms with E-state index >= 15 is 0 Å². The zero-order valence-corrected chi connectivity index (χ0v) is 9.41. The van der Waals surface area contributed by atoms with E-state index in [0.29, 0.717) is 6.07 Å². The van der Waals surface area contributed by atoms with Crippen molar-refractivity contribution in [1.82, 2.24) is 4.79 Å². The first kappa shape index (κ1) is 12.9. The smallest absolute Gasteiger partial charge is 0.326 e. The van der Waals surface area contributed by atoms with Gasteiger partial charge in [-0.25, -0.2) is 8.78 Å². The second kappa shape index (κ2) is 4.30. The van der Waals surface area contributed by atoms with E-state index in [1.807, 2.05) is 0 Å². The number of carbonyl (C=O) groups is 1. The number of ether oxygens (including phenoxy) is 1. The van der Waals surface area contributed by atoms with Crippen molar-refractivity contribution in [2.45, 2.75) is 6.92 Å². The summed E-state index contributed by atoms with van der Waals surface area (Å²) in [4.78, 5) is 21.7. The Kier molecular flexibility index (Phi) is 2.93. The van der Waals surface area contributed by atoms with Crippen LogP contribution in [0.1, 0.15) is 6.92 Å². The highest BCUT2D eigenvalue weighted by Gasteiger charge is 2.23. The number of rotatable bonds is 1. The van der Waals surface area contributed by atoms with Gasteiger partial charge in [0.1, 0.15) is 0 Å². The monoisotopic (exact) mass is 273 g/mol. The van der Waals surface area contributed by atoms with Crippen LogP contribution in [-0.2, 0) is 4.79 Å². The number of aromatic hydroxyl groups is 1. The van der Waals surface area contributed by atoms with Crippen LogP contribution >= 0.6 is 0 Å². The van der Waals surface area contributed by atoms with E-state index in [0.717, 1.165) is 13.0 Å². The van der Waals surface area contributed by atoms with Crippen LogP contribution in [0.5, 0.6) is 11.5 Å². The Balaban J connectivity index is 2.97. The maximum atomic E-state index is 13.6. The molecule has 0 unspecified atom stereocenters. The van der Waals surface area contributed by atoms with Crippen LogP contribution in [0.4, 0.5) is 13.3 Å². The van der Waals surface area contributed by atoms with Gasteiger partial charge >= 0.3 is 11.5 Å². The summed E-state index contributed by atoms with van der Waals surface area (Å²) >= 11 is 0. The summed E-state index contributed by atoms with van der Waals surface area (Å²) in [6.07, 6.45) is 0. The van der Waals surface area contributed by atoms with Crippen LogP contribution in [0.15, 0.2) is 16.9 Å². The molecule has 19 heavy (non-hydrogen) atoms. The predicted octanol–water partition coefficient (Wildman–Crippen LogP) is 1.64. The highest BCUT2D eigenvalue weighted by molar-refractivity contribution is 5.89. The molecule has 1 heterocycles. The van der Waals surface area contributed by atoms with Crippen LogP contribution in [0.25, 0.3) is 10.9 Å². The Morgan fingerprint density at radius 3 is 2.58 bits per heavy atom. The topological polar surface area (TPSA) is 68.5 Å².